The van der Waals surface area contributed by atoms with Gasteiger partial charge in [0.25, 0.3) is 0 Å². The summed E-state index contributed by atoms with van der Waals surface area (Å²) in [5.74, 6) is 0.821. The molecule has 2 rings (SSSR count). The maximum Gasteiger partial charge on any atom is 0.123 e. The molecule has 2 N–H and O–H groups in total. The fourth-order valence-electron chi connectivity index (χ4n) is 1.99. The summed E-state index contributed by atoms with van der Waals surface area (Å²) in [6, 6.07) is 11.4. The Kier molecular flexibility index (Phi) is 5.94. The number of nitrogens with two attached hydrogens (primary N) is 1. The van der Waals surface area contributed by atoms with Crippen LogP contribution in [0, 0.1) is 0 Å². The van der Waals surface area contributed by atoms with E-state index in [1.165, 1.54) is 0 Å². The second-order valence-electron chi connectivity index (χ2n) is 4.96. The van der Waals surface area contributed by atoms with Crippen LogP contribution in [0.15, 0.2) is 40.9 Å². The van der Waals surface area contributed by atoms with Crippen LogP contribution in [0.5, 0.6) is 5.75 Å². The summed E-state index contributed by atoms with van der Waals surface area (Å²) < 4.78 is 6.91. The van der Waals surface area contributed by atoms with Crippen LogP contribution < -0.4 is 10.5 Å². The topological polar surface area (TPSA) is 35.2 Å². The smallest absolute Gasteiger partial charge is 0.123 e. The lowest BCUT2D eigenvalue weighted by Gasteiger charge is -2.14. The molecule has 0 saturated carbocycles. The molecular weight excluding hydrogens is 373 g/mol. The maximum atomic E-state index is 6.15. The lowest BCUT2D eigenvalue weighted by Crippen LogP contribution is -2.18. The Morgan fingerprint density at radius 2 is 1.90 bits per heavy atom. The standard InChI is InChI=1S/C16H16BrCl2NO/c1-10(20)6-12-7-13(17)3-5-16(12)21-9-11-2-4-14(18)8-15(11)19/h2-5,7-8,10H,6,9,20H2,1H3. The van der Waals surface area contributed by atoms with Crippen LogP contribution in [-0.2, 0) is 13.0 Å². The third kappa shape index (κ3) is 4.89. The number of halogens is 3. The highest BCUT2D eigenvalue weighted by atomic mass is 79.9. The van der Waals surface area contributed by atoms with Crippen LogP contribution in [0.25, 0.3) is 0 Å². The van der Waals surface area contributed by atoms with Crippen molar-refractivity contribution in [1.82, 2.24) is 0 Å². The molecule has 21 heavy (non-hydrogen) atoms. The molecule has 0 aliphatic carbocycles. The van der Waals surface area contributed by atoms with Crippen LogP contribution in [0.2, 0.25) is 10.0 Å². The highest BCUT2D eigenvalue weighted by Gasteiger charge is 2.09. The lowest BCUT2D eigenvalue weighted by atomic mass is 10.1. The van der Waals surface area contributed by atoms with Crippen molar-refractivity contribution >= 4 is 39.1 Å². The molecule has 0 aliphatic rings. The van der Waals surface area contributed by atoms with Gasteiger partial charge in [-0.15, -0.1) is 0 Å². The van der Waals surface area contributed by atoms with Gasteiger partial charge < -0.3 is 10.5 Å². The quantitative estimate of drug-likeness (QED) is 0.761. The Bertz CT molecular complexity index is 632. The molecular formula is C16H16BrCl2NO. The van der Waals surface area contributed by atoms with Crippen molar-refractivity contribution in [3.8, 4) is 5.75 Å². The van der Waals surface area contributed by atoms with Crippen LogP contribution in [-0.4, -0.2) is 6.04 Å². The molecule has 1 atom stereocenters. The second kappa shape index (κ2) is 7.50. The molecule has 1 unspecified atom stereocenters. The number of ether oxygens (including phenoxy) is 1. The zero-order chi connectivity index (χ0) is 15.4. The fourth-order valence-corrected chi connectivity index (χ4v) is 2.86. The van der Waals surface area contributed by atoms with E-state index < -0.39 is 0 Å². The Morgan fingerprint density at radius 1 is 1.14 bits per heavy atom. The molecule has 2 nitrogen and oxygen atoms in total. The molecule has 5 heteroatoms. The van der Waals surface area contributed by atoms with E-state index in [2.05, 4.69) is 15.9 Å². The zero-order valence-electron chi connectivity index (χ0n) is 11.6. The molecule has 112 valence electrons. The number of benzene rings is 2. The Balaban J connectivity index is 2.15. The molecule has 0 saturated heterocycles. The molecule has 0 amide bonds. The monoisotopic (exact) mass is 387 g/mol. The molecule has 2 aromatic rings. The summed E-state index contributed by atoms with van der Waals surface area (Å²) in [7, 11) is 0. The van der Waals surface area contributed by atoms with E-state index >= 15 is 0 Å². The molecule has 0 bridgehead atoms. The number of hydrogen-bond donors (Lipinski definition) is 1. The van der Waals surface area contributed by atoms with Gasteiger partial charge in [0.2, 0.25) is 0 Å². The molecule has 2 aromatic carbocycles. The van der Waals surface area contributed by atoms with Gasteiger partial charge in [0.1, 0.15) is 12.4 Å². The SMILES string of the molecule is CC(N)Cc1cc(Br)ccc1OCc1ccc(Cl)cc1Cl. The third-order valence-electron chi connectivity index (χ3n) is 2.96. The van der Waals surface area contributed by atoms with Crippen molar-refractivity contribution in [2.75, 3.05) is 0 Å². The van der Waals surface area contributed by atoms with Crippen LogP contribution in [0.3, 0.4) is 0 Å². The van der Waals surface area contributed by atoms with Crippen molar-refractivity contribution in [2.24, 2.45) is 5.73 Å². The normalized spacial score (nSPS) is 12.2. The summed E-state index contributed by atoms with van der Waals surface area (Å²) in [4.78, 5) is 0. The minimum Gasteiger partial charge on any atom is -0.489 e. The predicted octanol–water partition coefficient (Wildman–Crippen LogP) is 5.22. The molecule has 0 aromatic heterocycles. The van der Waals surface area contributed by atoms with Gasteiger partial charge in [-0.3, -0.25) is 0 Å². The van der Waals surface area contributed by atoms with E-state index in [4.69, 9.17) is 33.7 Å². The first-order valence-corrected chi connectivity index (χ1v) is 8.11. The summed E-state index contributed by atoms with van der Waals surface area (Å²) in [6.45, 7) is 2.37. The van der Waals surface area contributed by atoms with Gasteiger partial charge in [0, 0.05) is 26.1 Å². The molecule has 0 spiro atoms. The van der Waals surface area contributed by atoms with Crippen LogP contribution >= 0.6 is 39.1 Å². The first-order chi connectivity index (χ1) is 9.95. The van der Waals surface area contributed by atoms with Gasteiger partial charge in [0.05, 0.1) is 0 Å². The Labute approximate surface area is 143 Å². The first kappa shape index (κ1) is 16.6. The molecule has 0 heterocycles. The van der Waals surface area contributed by atoms with E-state index in [0.29, 0.717) is 16.7 Å². The summed E-state index contributed by atoms with van der Waals surface area (Å²) >= 11 is 15.5. The third-order valence-corrected chi connectivity index (χ3v) is 4.04. The van der Waals surface area contributed by atoms with Gasteiger partial charge in [-0.25, -0.2) is 0 Å². The molecule has 0 fully saturated rings. The summed E-state index contributed by atoms with van der Waals surface area (Å²) in [5, 5.41) is 1.22. The summed E-state index contributed by atoms with van der Waals surface area (Å²) in [5.41, 5.74) is 7.86. The van der Waals surface area contributed by atoms with E-state index in [-0.39, 0.29) is 6.04 Å². The van der Waals surface area contributed by atoms with Gasteiger partial charge in [-0.05, 0) is 49.2 Å². The van der Waals surface area contributed by atoms with Gasteiger partial charge in [0.15, 0.2) is 0 Å². The first-order valence-electron chi connectivity index (χ1n) is 6.56. The minimum absolute atomic E-state index is 0.0702. The maximum absolute atomic E-state index is 6.15. The lowest BCUT2D eigenvalue weighted by molar-refractivity contribution is 0.302. The van der Waals surface area contributed by atoms with E-state index in [0.717, 1.165) is 27.8 Å². The largest absolute Gasteiger partial charge is 0.489 e. The Hall–Kier alpha value is -0.740. The average molecular weight is 389 g/mol. The van der Waals surface area contributed by atoms with Crippen LogP contribution in [0.1, 0.15) is 18.1 Å². The van der Waals surface area contributed by atoms with E-state index in [1.54, 1.807) is 12.1 Å². The van der Waals surface area contributed by atoms with Crippen molar-refractivity contribution < 1.29 is 4.74 Å². The summed E-state index contributed by atoms with van der Waals surface area (Å²) in [6.07, 6.45) is 0.753. The van der Waals surface area contributed by atoms with Crippen molar-refractivity contribution in [3.63, 3.8) is 0 Å². The number of hydrogen-bond acceptors (Lipinski definition) is 2. The predicted molar refractivity (Wildman–Crippen MR) is 92.3 cm³/mol. The van der Waals surface area contributed by atoms with E-state index in [1.807, 2.05) is 31.2 Å². The van der Waals surface area contributed by atoms with E-state index in [9.17, 15) is 0 Å². The Morgan fingerprint density at radius 3 is 2.57 bits per heavy atom. The molecule has 0 radical (unpaired) electrons. The fraction of sp³-hybridized carbons (Fsp3) is 0.250. The highest BCUT2D eigenvalue weighted by Crippen LogP contribution is 2.27. The minimum atomic E-state index is 0.0702. The zero-order valence-corrected chi connectivity index (χ0v) is 14.7. The van der Waals surface area contributed by atoms with Gasteiger partial charge in [-0.1, -0.05) is 45.2 Å². The second-order valence-corrected chi connectivity index (χ2v) is 6.72. The van der Waals surface area contributed by atoms with Crippen LogP contribution in [0.4, 0.5) is 0 Å². The molecule has 0 aliphatic heterocycles. The van der Waals surface area contributed by atoms with Crippen molar-refractivity contribution in [3.05, 3.63) is 62.0 Å². The number of rotatable bonds is 5. The highest BCUT2D eigenvalue weighted by molar-refractivity contribution is 9.10. The van der Waals surface area contributed by atoms with Gasteiger partial charge in [-0.2, -0.15) is 0 Å². The average Bonchev–Trinajstić information content (AvgIpc) is 2.39. The van der Waals surface area contributed by atoms with Gasteiger partial charge >= 0.3 is 0 Å². The van der Waals surface area contributed by atoms with Crippen molar-refractivity contribution in [1.29, 1.82) is 0 Å². The van der Waals surface area contributed by atoms with Crippen molar-refractivity contribution in [2.45, 2.75) is 26.0 Å².